The van der Waals surface area contributed by atoms with Crippen LogP contribution >= 0.6 is 0 Å². The number of nitrogens with zero attached hydrogens (tertiary/aromatic N) is 1. The van der Waals surface area contributed by atoms with E-state index in [1.807, 2.05) is 0 Å². The van der Waals surface area contributed by atoms with E-state index in [4.69, 9.17) is 4.74 Å². The molecule has 0 radical (unpaired) electrons. The number of rotatable bonds is 2. The molecule has 2 heteroatoms. The van der Waals surface area contributed by atoms with Crippen LogP contribution in [-0.4, -0.2) is 37.2 Å². The lowest BCUT2D eigenvalue weighted by molar-refractivity contribution is -0.109. The second-order valence-electron chi connectivity index (χ2n) is 8.72. The zero-order chi connectivity index (χ0) is 15.4. The molecule has 0 aromatic heterocycles. The number of hydrogen-bond acceptors (Lipinski definition) is 2. The third kappa shape index (κ3) is 2.21. The van der Waals surface area contributed by atoms with Crippen LogP contribution in [0.4, 0.5) is 0 Å². The van der Waals surface area contributed by atoms with E-state index >= 15 is 0 Å². The van der Waals surface area contributed by atoms with Crippen LogP contribution in [0.5, 0.6) is 0 Å². The van der Waals surface area contributed by atoms with E-state index in [2.05, 4.69) is 36.1 Å². The first kappa shape index (κ1) is 14.5. The van der Waals surface area contributed by atoms with Gasteiger partial charge in [-0.3, -0.25) is 4.90 Å². The molecule has 0 amide bonds. The standard InChI is InChI=1S/C21H29NO/c1-15-2-4-19(5-3-15)21-13-16-10-17(14-21)12-18(11-16)20(21)22-6-8-23-9-7-22/h2-5,16-18,20H,6-14H2,1H3. The minimum Gasteiger partial charge on any atom is -0.379 e. The summed E-state index contributed by atoms with van der Waals surface area (Å²) in [7, 11) is 0. The number of morpholine rings is 1. The van der Waals surface area contributed by atoms with Crippen LogP contribution in [0.2, 0.25) is 0 Å². The van der Waals surface area contributed by atoms with Gasteiger partial charge in [-0.25, -0.2) is 0 Å². The van der Waals surface area contributed by atoms with Gasteiger partial charge in [0.1, 0.15) is 0 Å². The van der Waals surface area contributed by atoms with Crippen LogP contribution < -0.4 is 0 Å². The quantitative estimate of drug-likeness (QED) is 0.824. The highest BCUT2D eigenvalue weighted by Gasteiger charge is 2.59. The maximum absolute atomic E-state index is 5.66. The van der Waals surface area contributed by atoms with Crippen molar-refractivity contribution >= 4 is 0 Å². The molecule has 4 saturated carbocycles. The van der Waals surface area contributed by atoms with Gasteiger partial charge in [-0.05, 0) is 62.3 Å². The molecule has 1 heterocycles. The summed E-state index contributed by atoms with van der Waals surface area (Å²) in [6.07, 6.45) is 7.37. The largest absolute Gasteiger partial charge is 0.379 e. The first-order chi connectivity index (χ1) is 11.2. The number of hydrogen-bond donors (Lipinski definition) is 0. The molecule has 23 heavy (non-hydrogen) atoms. The summed E-state index contributed by atoms with van der Waals surface area (Å²) in [6, 6.07) is 10.3. The van der Waals surface area contributed by atoms with E-state index in [0.29, 0.717) is 5.41 Å². The topological polar surface area (TPSA) is 12.5 Å². The van der Waals surface area contributed by atoms with Crippen molar-refractivity contribution in [2.45, 2.75) is 50.5 Å². The van der Waals surface area contributed by atoms with Gasteiger partial charge in [0.25, 0.3) is 0 Å². The SMILES string of the molecule is Cc1ccc(C23CC4CC(CC(C4)C2N2CCOCC2)C3)cc1. The van der Waals surface area contributed by atoms with Crippen molar-refractivity contribution in [2.75, 3.05) is 26.3 Å². The van der Waals surface area contributed by atoms with Crippen LogP contribution in [0.15, 0.2) is 24.3 Å². The van der Waals surface area contributed by atoms with Crippen molar-refractivity contribution in [3.63, 3.8) is 0 Å². The first-order valence-corrected chi connectivity index (χ1v) is 9.63. The van der Waals surface area contributed by atoms with Crippen molar-refractivity contribution in [3.8, 4) is 0 Å². The number of aryl methyl sites for hydroxylation is 1. The Morgan fingerprint density at radius 1 is 0.957 bits per heavy atom. The van der Waals surface area contributed by atoms with Crippen molar-refractivity contribution in [1.29, 1.82) is 0 Å². The van der Waals surface area contributed by atoms with Crippen LogP contribution in [0.3, 0.4) is 0 Å². The highest BCUT2D eigenvalue weighted by molar-refractivity contribution is 5.34. The molecular weight excluding hydrogens is 282 g/mol. The van der Waals surface area contributed by atoms with E-state index in [1.165, 1.54) is 37.7 Å². The van der Waals surface area contributed by atoms with Crippen molar-refractivity contribution < 1.29 is 4.74 Å². The molecule has 0 N–H and O–H groups in total. The summed E-state index contributed by atoms with van der Waals surface area (Å²) < 4.78 is 5.66. The summed E-state index contributed by atoms with van der Waals surface area (Å²) in [4.78, 5) is 2.81. The van der Waals surface area contributed by atoms with Gasteiger partial charge >= 0.3 is 0 Å². The summed E-state index contributed by atoms with van der Waals surface area (Å²) >= 11 is 0. The van der Waals surface area contributed by atoms with Gasteiger partial charge in [-0.15, -0.1) is 0 Å². The van der Waals surface area contributed by atoms with Crippen LogP contribution in [0.25, 0.3) is 0 Å². The van der Waals surface area contributed by atoms with E-state index < -0.39 is 0 Å². The summed E-state index contributed by atoms with van der Waals surface area (Å²) in [5.41, 5.74) is 3.46. The fourth-order valence-corrected chi connectivity index (χ4v) is 6.81. The predicted molar refractivity (Wildman–Crippen MR) is 92.6 cm³/mol. The fourth-order valence-electron chi connectivity index (χ4n) is 6.81. The highest BCUT2D eigenvalue weighted by atomic mass is 16.5. The average molecular weight is 311 g/mol. The smallest absolute Gasteiger partial charge is 0.0594 e. The zero-order valence-corrected chi connectivity index (χ0v) is 14.3. The molecule has 1 aromatic carbocycles. The van der Waals surface area contributed by atoms with E-state index in [9.17, 15) is 0 Å². The van der Waals surface area contributed by atoms with Gasteiger partial charge in [0.15, 0.2) is 0 Å². The van der Waals surface area contributed by atoms with Crippen molar-refractivity contribution in [3.05, 3.63) is 35.4 Å². The van der Waals surface area contributed by atoms with Gasteiger partial charge in [0.2, 0.25) is 0 Å². The molecule has 2 nitrogen and oxygen atoms in total. The second kappa shape index (κ2) is 5.32. The molecule has 124 valence electrons. The average Bonchev–Trinajstić information content (AvgIpc) is 2.55. The summed E-state index contributed by atoms with van der Waals surface area (Å²) in [5.74, 6) is 2.91. The second-order valence-corrected chi connectivity index (χ2v) is 8.72. The lowest BCUT2D eigenvalue weighted by Gasteiger charge is -2.64. The maximum Gasteiger partial charge on any atom is 0.0594 e. The fraction of sp³-hybridized carbons (Fsp3) is 0.714. The Labute approximate surface area is 140 Å². The van der Waals surface area contributed by atoms with E-state index in [-0.39, 0.29) is 0 Å². The van der Waals surface area contributed by atoms with Gasteiger partial charge in [-0.1, -0.05) is 29.8 Å². The third-order valence-corrected chi connectivity index (χ3v) is 7.32. The molecule has 4 bridgehead atoms. The molecular formula is C21H29NO. The Bertz CT molecular complexity index is 558. The Balaban J connectivity index is 1.57. The number of benzene rings is 1. The lowest BCUT2D eigenvalue weighted by Crippen LogP contribution is -2.65. The minimum atomic E-state index is 0.430. The van der Waals surface area contributed by atoms with Crippen molar-refractivity contribution in [2.24, 2.45) is 17.8 Å². The van der Waals surface area contributed by atoms with Gasteiger partial charge in [-0.2, -0.15) is 0 Å². The molecule has 1 aliphatic heterocycles. The van der Waals surface area contributed by atoms with Gasteiger partial charge in [0.05, 0.1) is 13.2 Å². The van der Waals surface area contributed by atoms with E-state index in [0.717, 1.165) is 50.1 Å². The first-order valence-electron chi connectivity index (χ1n) is 9.63. The number of ether oxygens (including phenoxy) is 1. The van der Waals surface area contributed by atoms with E-state index in [1.54, 1.807) is 5.56 Å². The van der Waals surface area contributed by atoms with Crippen LogP contribution in [0.1, 0.15) is 43.2 Å². The summed E-state index contributed by atoms with van der Waals surface area (Å²) in [6.45, 7) is 6.36. The monoisotopic (exact) mass is 311 g/mol. The molecule has 3 atom stereocenters. The minimum absolute atomic E-state index is 0.430. The molecule has 3 unspecified atom stereocenters. The Morgan fingerprint density at radius 2 is 1.61 bits per heavy atom. The van der Waals surface area contributed by atoms with Gasteiger partial charge < -0.3 is 4.74 Å². The Morgan fingerprint density at radius 3 is 2.26 bits per heavy atom. The van der Waals surface area contributed by atoms with Crippen LogP contribution in [-0.2, 0) is 10.2 Å². The Kier molecular flexibility index (Phi) is 3.35. The molecule has 6 rings (SSSR count). The Hall–Kier alpha value is -0.860. The third-order valence-electron chi connectivity index (χ3n) is 7.32. The highest BCUT2D eigenvalue weighted by Crippen LogP contribution is 2.62. The summed E-state index contributed by atoms with van der Waals surface area (Å²) in [5, 5.41) is 0. The van der Waals surface area contributed by atoms with Crippen LogP contribution in [0, 0.1) is 24.7 Å². The molecule has 4 aliphatic carbocycles. The molecule has 1 aromatic rings. The lowest BCUT2D eigenvalue weighted by atomic mass is 9.45. The predicted octanol–water partition coefficient (Wildman–Crippen LogP) is 3.77. The molecule has 0 spiro atoms. The molecule has 1 saturated heterocycles. The zero-order valence-electron chi connectivity index (χ0n) is 14.3. The molecule has 5 fully saturated rings. The van der Waals surface area contributed by atoms with Gasteiger partial charge in [0, 0.05) is 24.5 Å². The normalized spacial score (nSPS) is 43.0. The maximum atomic E-state index is 5.66. The van der Waals surface area contributed by atoms with Crippen molar-refractivity contribution in [1.82, 2.24) is 4.90 Å². The molecule has 5 aliphatic rings.